The van der Waals surface area contributed by atoms with Crippen molar-refractivity contribution < 1.29 is 4.74 Å². The Labute approximate surface area is 130 Å². The first kappa shape index (κ1) is 14.5. The molecule has 1 aliphatic rings. The van der Waals surface area contributed by atoms with Gasteiger partial charge in [-0.2, -0.15) is 4.98 Å². The van der Waals surface area contributed by atoms with Gasteiger partial charge in [0, 0.05) is 31.3 Å². The van der Waals surface area contributed by atoms with Crippen molar-refractivity contribution in [3.05, 3.63) is 49.1 Å². The molecular formula is C17H20N4O. The van der Waals surface area contributed by atoms with Gasteiger partial charge in [0.25, 0.3) is 0 Å². The average molecular weight is 296 g/mol. The Hall–Kier alpha value is -2.40. The molecule has 22 heavy (non-hydrogen) atoms. The Morgan fingerprint density at radius 2 is 1.95 bits per heavy atom. The molecule has 2 heterocycles. The largest absolute Gasteiger partial charge is 0.378 e. The van der Waals surface area contributed by atoms with Crippen molar-refractivity contribution in [2.75, 3.05) is 43.1 Å². The zero-order valence-corrected chi connectivity index (χ0v) is 12.5. The second kappa shape index (κ2) is 7.04. The van der Waals surface area contributed by atoms with Crippen LogP contribution in [-0.4, -0.2) is 42.8 Å². The van der Waals surface area contributed by atoms with Gasteiger partial charge in [0.1, 0.15) is 5.82 Å². The van der Waals surface area contributed by atoms with Gasteiger partial charge < -0.3 is 15.0 Å². The highest BCUT2D eigenvalue weighted by Crippen LogP contribution is 2.23. The highest BCUT2D eigenvalue weighted by molar-refractivity contribution is 5.64. The number of benzene rings is 1. The summed E-state index contributed by atoms with van der Waals surface area (Å²) < 4.78 is 5.42. The molecule has 0 unspecified atom stereocenters. The summed E-state index contributed by atoms with van der Waals surface area (Å²) in [4.78, 5) is 11.5. The van der Waals surface area contributed by atoms with E-state index < -0.39 is 0 Å². The molecule has 0 spiro atoms. The first-order chi connectivity index (χ1) is 10.9. The van der Waals surface area contributed by atoms with Crippen LogP contribution in [0.25, 0.3) is 11.3 Å². The van der Waals surface area contributed by atoms with Crippen molar-refractivity contribution in [3.8, 4) is 11.3 Å². The molecule has 1 N–H and O–H groups in total. The SMILES string of the molecule is C=CCNc1nc(-c2ccccc2)cc(N2CCOCC2)n1. The predicted molar refractivity (Wildman–Crippen MR) is 89.2 cm³/mol. The first-order valence-electron chi connectivity index (χ1n) is 7.49. The number of morpholine rings is 1. The lowest BCUT2D eigenvalue weighted by Gasteiger charge is -2.28. The third kappa shape index (κ3) is 3.43. The van der Waals surface area contributed by atoms with Gasteiger partial charge in [-0.25, -0.2) is 4.98 Å². The third-order valence-corrected chi connectivity index (χ3v) is 3.52. The van der Waals surface area contributed by atoms with Crippen molar-refractivity contribution in [1.82, 2.24) is 9.97 Å². The summed E-state index contributed by atoms with van der Waals surface area (Å²) in [5.41, 5.74) is 2.00. The maximum absolute atomic E-state index is 5.42. The highest BCUT2D eigenvalue weighted by atomic mass is 16.5. The molecule has 1 fully saturated rings. The number of aromatic nitrogens is 2. The fourth-order valence-electron chi connectivity index (χ4n) is 2.39. The van der Waals surface area contributed by atoms with Gasteiger partial charge in [0.2, 0.25) is 5.95 Å². The molecule has 0 radical (unpaired) electrons. The van der Waals surface area contributed by atoms with E-state index in [0.29, 0.717) is 12.5 Å². The maximum atomic E-state index is 5.42. The van der Waals surface area contributed by atoms with E-state index in [1.807, 2.05) is 24.3 Å². The summed E-state index contributed by atoms with van der Waals surface area (Å²) >= 11 is 0. The lowest BCUT2D eigenvalue weighted by Crippen LogP contribution is -2.36. The lowest BCUT2D eigenvalue weighted by molar-refractivity contribution is 0.122. The average Bonchev–Trinajstić information content (AvgIpc) is 2.61. The molecule has 1 saturated heterocycles. The summed E-state index contributed by atoms with van der Waals surface area (Å²) in [6.45, 7) is 7.54. The molecular weight excluding hydrogens is 276 g/mol. The number of rotatable bonds is 5. The Bertz CT molecular complexity index is 624. The van der Waals surface area contributed by atoms with Crippen LogP contribution in [0.3, 0.4) is 0 Å². The van der Waals surface area contributed by atoms with Crippen molar-refractivity contribution >= 4 is 11.8 Å². The quantitative estimate of drug-likeness (QED) is 0.859. The van der Waals surface area contributed by atoms with Crippen molar-refractivity contribution in [2.45, 2.75) is 0 Å². The van der Waals surface area contributed by atoms with E-state index in [0.717, 1.165) is 43.4 Å². The van der Waals surface area contributed by atoms with E-state index in [1.54, 1.807) is 6.08 Å². The van der Waals surface area contributed by atoms with E-state index in [2.05, 4.69) is 38.9 Å². The van der Waals surface area contributed by atoms with Crippen LogP contribution in [0, 0.1) is 0 Å². The molecule has 0 bridgehead atoms. The van der Waals surface area contributed by atoms with Gasteiger partial charge in [-0.1, -0.05) is 36.4 Å². The van der Waals surface area contributed by atoms with Gasteiger partial charge >= 0.3 is 0 Å². The van der Waals surface area contributed by atoms with Crippen LogP contribution >= 0.6 is 0 Å². The molecule has 0 aliphatic carbocycles. The lowest BCUT2D eigenvalue weighted by atomic mass is 10.1. The molecule has 1 aromatic carbocycles. The first-order valence-corrected chi connectivity index (χ1v) is 7.49. The van der Waals surface area contributed by atoms with Crippen LogP contribution in [0.5, 0.6) is 0 Å². The van der Waals surface area contributed by atoms with E-state index in [4.69, 9.17) is 4.74 Å². The zero-order valence-electron chi connectivity index (χ0n) is 12.5. The summed E-state index contributed by atoms with van der Waals surface area (Å²) in [5, 5.41) is 3.19. The number of hydrogen-bond acceptors (Lipinski definition) is 5. The van der Waals surface area contributed by atoms with Crippen LogP contribution < -0.4 is 10.2 Å². The number of nitrogens with one attached hydrogen (secondary N) is 1. The minimum Gasteiger partial charge on any atom is -0.378 e. The van der Waals surface area contributed by atoms with E-state index in [-0.39, 0.29) is 0 Å². The smallest absolute Gasteiger partial charge is 0.225 e. The molecule has 0 atom stereocenters. The second-order valence-corrected chi connectivity index (χ2v) is 5.07. The Morgan fingerprint density at radius 3 is 2.68 bits per heavy atom. The molecule has 0 saturated carbocycles. The standard InChI is InChI=1S/C17H20N4O/c1-2-8-18-17-19-15(14-6-4-3-5-7-14)13-16(20-17)21-9-11-22-12-10-21/h2-7,13H,1,8-12H2,(H,18,19,20). The third-order valence-electron chi connectivity index (χ3n) is 3.52. The van der Waals surface area contributed by atoms with E-state index in [1.165, 1.54) is 0 Å². The Morgan fingerprint density at radius 1 is 1.18 bits per heavy atom. The number of anilines is 2. The zero-order chi connectivity index (χ0) is 15.2. The molecule has 5 nitrogen and oxygen atoms in total. The normalized spacial score (nSPS) is 14.6. The van der Waals surface area contributed by atoms with Crippen LogP contribution in [0.15, 0.2) is 49.1 Å². The maximum Gasteiger partial charge on any atom is 0.225 e. The van der Waals surface area contributed by atoms with Crippen molar-refractivity contribution in [3.63, 3.8) is 0 Å². The summed E-state index contributed by atoms with van der Waals surface area (Å²) in [6, 6.07) is 12.2. The number of hydrogen-bond donors (Lipinski definition) is 1. The minimum absolute atomic E-state index is 0.628. The van der Waals surface area contributed by atoms with Crippen LogP contribution in [0.2, 0.25) is 0 Å². The molecule has 3 rings (SSSR count). The fourth-order valence-corrected chi connectivity index (χ4v) is 2.39. The Balaban J connectivity index is 1.95. The van der Waals surface area contributed by atoms with Gasteiger partial charge in [-0.15, -0.1) is 6.58 Å². The molecule has 1 aromatic heterocycles. The van der Waals surface area contributed by atoms with Gasteiger partial charge in [0.05, 0.1) is 18.9 Å². The monoisotopic (exact) mass is 296 g/mol. The number of ether oxygens (including phenoxy) is 1. The highest BCUT2D eigenvalue weighted by Gasteiger charge is 2.15. The molecule has 1 aliphatic heterocycles. The number of nitrogens with zero attached hydrogens (tertiary/aromatic N) is 3. The summed E-state index contributed by atoms with van der Waals surface area (Å²) in [7, 11) is 0. The summed E-state index contributed by atoms with van der Waals surface area (Å²) in [6.07, 6.45) is 1.80. The summed E-state index contributed by atoms with van der Waals surface area (Å²) in [5.74, 6) is 1.56. The molecule has 5 heteroatoms. The van der Waals surface area contributed by atoms with Crippen molar-refractivity contribution in [2.24, 2.45) is 0 Å². The Kier molecular flexibility index (Phi) is 4.65. The molecule has 114 valence electrons. The fraction of sp³-hybridized carbons (Fsp3) is 0.294. The predicted octanol–water partition coefficient (Wildman–Crippen LogP) is 2.58. The van der Waals surface area contributed by atoms with Crippen LogP contribution in [-0.2, 0) is 4.74 Å². The van der Waals surface area contributed by atoms with E-state index in [9.17, 15) is 0 Å². The molecule has 2 aromatic rings. The second-order valence-electron chi connectivity index (χ2n) is 5.07. The van der Waals surface area contributed by atoms with Crippen molar-refractivity contribution in [1.29, 1.82) is 0 Å². The van der Waals surface area contributed by atoms with Gasteiger partial charge in [-0.3, -0.25) is 0 Å². The van der Waals surface area contributed by atoms with E-state index >= 15 is 0 Å². The van der Waals surface area contributed by atoms with Crippen LogP contribution in [0.4, 0.5) is 11.8 Å². The van der Waals surface area contributed by atoms with Gasteiger partial charge in [0.15, 0.2) is 0 Å². The minimum atomic E-state index is 0.628. The van der Waals surface area contributed by atoms with Gasteiger partial charge in [-0.05, 0) is 0 Å². The topological polar surface area (TPSA) is 50.3 Å². The molecule has 0 amide bonds. The van der Waals surface area contributed by atoms with Crippen LogP contribution in [0.1, 0.15) is 0 Å².